The molecule has 20 heavy (non-hydrogen) atoms. The Balaban J connectivity index is 1.77. The summed E-state index contributed by atoms with van der Waals surface area (Å²) >= 11 is 3.66. The maximum absolute atomic E-state index is 4.54. The molecule has 1 saturated carbocycles. The fourth-order valence-electron chi connectivity index (χ4n) is 2.32. The van der Waals surface area contributed by atoms with Crippen molar-refractivity contribution in [2.45, 2.75) is 45.3 Å². The Bertz CT molecular complexity index is 597. The maximum Gasteiger partial charge on any atom is 0.0843 e. The largest absolute Gasteiger partial charge is 0.308 e. The second kappa shape index (κ2) is 5.69. The monoisotopic (exact) mass is 337 g/mol. The van der Waals surface area contributed by atoms with Gasteiger partial charge < -0.3 is 5.32 Å². The van der Waals surface area contributed by atoms with Crippen molar-refractivity contribution in [3.05, 3.63) is 33.8 Å². The zero-order chi connectivity index (χ0) is 14.1. The van der Waals surface area contributed by atoms with Crippen LogP contribution in [0.2, 0.25) is 0 Å². The number of nitrogens with zero attached hydrogens (tertiary/aromatic N) is 4. The van der Waals surface area contributed by atoms with Crippen molar-refractivity contribution in [3.8, 4) is 0 Å². The number of aryl methyl sites for hydroxylation is 2. The van der Waals surface area contributed by atoms with Crippen molar-refractivity contribution in [3.63, 3.8) is 0 Å². The van der Waals surface area contributed by atoms with Gasteiger partial charge in [0.1, 0.15) is 0 Å². The average Bonchev–Trinajstić information content (AvgIpc) is 3.11. The highest BCUT2D eigenvalue weighted by molar-refractivity contribution is 9.10. The molecule has 2 aromatic heterocycles. The lowest BCUT2D eigenvalue weighted by Gasteiger charge is -2.09. The Morgan fingerprint density at radius 3 is 2.90 bits per heavy atom. The van der Waals surface area contributed by atoms with Crippen LogP contribution in [-0.2, 0) is 26.6 Å². The first-order chi connectivity index (χ1) is 9.69. The standard InChI is InChI=1S/C14H20BrN5/c1-3-12-14(15)13(19(2)18-12)9-20-11(6-7-17-20)8-16-10-4-5-10/h6-7,10,16H,3-5,8-9H2,1-2H3. The third-order valence-electron chi connectivity index (χ3n) is 3.76. The number of rotatable bonds is 6. The average molecular weight is 338 g/mol. The molecule has 1 fully saturated rings. The van der Waals surface area contributed by atoms with E-state index in [4.69, 9.17) is 0 Å². The van der Waals surface area contributed by atoms with E-state index < -0.39 is 0 Å². The molecule has 0 radical (unpaired) electrons. The SMILES string of the molecule is CCc1nn(C)c(Cn2nccc2CNC2CC2)c1Br. The third-order valence-corrected chi connectivity index (χ3v) is 4.67. The van der Waals surface area contributed by atoms with Crippen LogP contribution < -0.4 is 5.32 Å². The van der Waals surface area contributed by atoms with Crippen molar-refractivity contribution < 1.29 is 0 Å². The van der Waals surface area contributed by atoms with Gasteiger partial charge in [0.2, 0.25) is 0 Å². The van der Waals surface area contributed by atoms with Gasteiger partial charge >= 0.3 is 0 Å². The van der Waals surface area contributed by atoms with Crippen LogP contribution in [0.25, 0.3) is 0 Å². The number of aromatic nitrogens is 4. The van der Waals surface area contributed by atoms with Gasteiger partial charge in [-0.15, -0.1) is 0 Å². The molecule has 1 aliphatic rings. The molecule has 6 heteroatoms. The minimum Gasteiger partial charge on any atom is -0.308 e. The normalized spacial score (nSPS) is 14.9. The van der Waals surface area contributed by atoms with Gasteiger partial charge in [-0.05, 0) is 41.3 Å². The van der Waals surface area contributed by atoms with Crippen molar-refractivity contribution in [2.24, 2.45) is 7.05 Å². The molecule has 0 aromatic carbocycles. The van der Waals surface area contributed by atoms with Crippen LogP contribution in [0.5, 0.6) is 0 Å². The van der Waals surface area contributed by atoms with Crippen molar-refractivity contribution in [1.29, 1.82) is 0 Å². The van der Waals surface area contributed by atoms with Gasteiger partial charge in [0, 0.05) is 25.8 Å². The molecule has 2 aromatic rings. The Hall–Kier alpha value is -1.14. The molecule has 3 rings (SSSR count). The van der Waals surface area contributed by atoms with Crippen LogP contribution in [-0.4, -0.2) is 25.6 Å². The summed E-state index contributed by atoms with van der Waals surface area (Å²) in [5.74, 6) is 0. The number of halogens is 1. The molecule has 2 heterocycles. The molecule has 0 saturated heterocycles. The van der Waals surface area contributed by atoms with E-state index in [-0.39, 0.29) is 0 Å². The first kappa shape index (κ1) is 13.8. The first-order valence-electron chi connectivity index (χ1n) is 7.13. The Labute approximate surface area is 127 Å². The molecule has 0 aliphatic heterocycles. The van der Waals surface area contributed by atoms with Gasteiger partial charge in [0.15, 0.2) is 0 Å². The lowest BCUT2D eigenvalue weighted by Crippen LogP contribution is -2.19. The molecule has 0 amide bonds. The molecule has 5 nitrogen and oxygen atoms in total. The third kappa shape index (κ3) is 2.81. The van der Waals surface area contributed by atoms with Gasteiger partial charge in [-0.2, -0.15) is 10.2 Å². The molecule has 0 atom stereocenters. The highest BCUT2D eigenvalue weighted by Crippen LogP contribution is 2.23. The minimum absolute atomic E-state index is 0.716. The zero-order valence-corrected chi connectivity index (χ0v) is 13.5. The van der Waals surface area contributed by atoms with Gasteiger partial charge in [-0.25, -0.2) is 0 Å². The predicted molar refractivity (Wildman–Crippen MR) is 81.5 cm³/mol. The fourth-order valence-corrected chi connectivity index (χ4v) is 3.06. The van der Waals surface area contributed by atoms with E-state index in [9.17, 15) is 0 Å². The van der Waals surface area contributed by atoms with E-state index in [0.29, 0.717) is 6.04 Å². The number of nitrogens with one attached hydrogen (secondary N) is 1. The molecule has 1 N–H and O–H groups in total. The topological polar surface area (TPSA) is 47.7 Å². The Morgan fingerprint density at radius 2 is 2.25 bits per heavy atom. The lowest BCUT2D eigenvalue weighted by atomic mass is 10.3. The van der Waals surface area contributed by atoms with Crippen LogP contribution in [0.1, 0.15) is 36.8 Å². The molecule has 1 aliphatic carbocycles. The summed E-state index contributed by atoms with van der Waals surface area (Å²) in [5.41, 5.74) is 3.49. The van der Waals surface area contributed by atoms with Gasteiger partial charge in [-0.3, -0.25) is 9.36 Å². The molecular formula is C14H20BrN5. The zero-order valence-electron chi connectivity index (χ0n) is 11.9. The fraction of sp³-hybridized carbons (Fsp3) is 0.571. The van der Waals surface area contributed by atoms with E-state index in [2.05, 4.69) is 49.1 Å². The summed E-state index contributed by atoms with van der Waals surface area (Å²) in [6, 6.07) is 2.80. The van der Waals surface area contributed by atoms with Gasteiger partial charge in [0.05, 0.1) is 28.1 Å². The number of hydrogen-bond acceptors (Lipinski definition) is 3. The van der Waals surface area contributed by atoms with Crippen LogP contribution in [0.3, 0.4) is 0 Å². The molecule has 108 valence electrons. The summed E-state index contributed by atoms with van der Waals surface area (Å²) < 4.78 is 5.11. The Morgan fingerprint density at radius 1 is 1.45 bits per heavy atom. The van der Waals surface area contributed by atoms with E-state index in [1.54, 1.807) is 0 Å². The maximum atomic E-state index is 4.54. The second-order valence-electron chi connectivity index (χ2n) is 5.32. The predicted octanol–water partition coefficient (Wildman–Crippen LogP) is 2.24. The summed E-state index contributed by atoms with van der Waals surface area (Å²) in [7, 11) is 1.99. The van der Waals surface area contributed by atoms with Crippen LogP contribution in [0.15, 0.2) is 16.7 Å². The van der Waals surface area contributed by atoms with Crippen LogP contribution in [0.4, 0.5) is 0 Å². The number of hydrogen-bond donors (Lipinski definition) is 1. The summed E-state index contributed by atoms with van der Waals surface area (Å²) in [5, 5.41) is 12.5. The minimum atomic E-state index is 0.716. The van der Waals surface area contributed by atoms with Gasteiger partial charge in [0.25, 0.3) is 0 Å². The highest BCUT2D eigenvalue weighted by Gasteiger charge is 2.21. The molecule has 0 spiro atoms. The summed E-state index contributed by atoms with van der Waals surface area (Å²) in [6.07, 6.45) is 5.42. The van der Waals surface area contributed by atoms with E-state index in [1.807, 2.05) is 17.9 Å². The van der Waals surface area contributed by atoms with Gasteiger partial charge in [-0.1, -0.05) is 6.92 Å². The van der Waals surface area contributed by atoms with Crippen molar-refractivity contribution in [2.75, 3.05) is 0 Å². The first-order valence-corrected chi connectivity index (χ1v) is 7.92. The molecule has 0 unspecified atom stereocenters. The van der Waals surface area contributed by atoms with E-state index in [0.717, 1.165) is 29.7 Å². The molecule has 0 bridgehead atoms. The second-order valence-corrected chi connectivity index (χ2v) is 6.11. The van der Waals surface area contributed by atoms with E-state index in [1.165, 1.54) is 24.2 Å². The summed E-state index contributed by atoms with van der Waals surface area (Å²) in [4.78, 5) is 0. The lowest BCUT2D eigenvalue weighted by molar-refractivity contribution is 0.567. The summed E-state index contributed by atoms with van der Waals surface area (Å²) in [6.45, 7) is 3.76. The quantitative estimate of drug-likeness (QED) is 0.879. The Kier molecular flexibility index (Phi) is 3.94. The van der Waals surface area contributed by atoms with Crippen molar-refractivity contribution >= 4 is 15.9 Å². The van der Waals surface area contributed by atoms with E-state index >= 15 is 0 Å². The van der Waals surface area contributed by atoms with Crippen molar-refractivity contribution in [1.82, 2.24) is 24.9 Å². The highest BCUT2D eigenvalue weighted by atomic mass is 79.9. The smallest absolute Gasteiger partial charge is 0.0843 e. The van der Waals surface area contributed by atoms with Crippen LogP contribution >= 0.6 is 15.9 Å². The van der Waals surface area contributed by atoms with Crippen LogP contribution in [0, 0.1) is 0 Å². The molecular weight excluding hydrogens is 318 g/mol.